The minimum absolute atomic E-state index is 0.0602. The molecule has 9 heteroatoms. The van der Waals surface area contributed by atoms with E-state index in [-0.39, 0.29) is 10.6 Å². The van der Waals surface area contributed by atoms with E-state index in [1.54, 1.807) is 13.0 Å². The van der Waals surface area contributed by atoms with E-state index in [1.165, 1.54) is 26.2 Å². The summed E-state index contributed by atoms with van der Waals surface area (Å²) in [6.07, 6.45) is -0.576. The molecule has 0 aromatic heterocycles. The van der Waals surface area contributed by atoms with Gasteiger partial charge in [-0.2, -0.15) is 0 Å². The summed E-state index contributed by atoms with van der Waals surface area (Å²) in [6.45, 7) is 1.10. The van der Waals surface area contributed by atoms with Crippen molar-refractivity contribution in [2.45, 2.75) is 30.2 Å². The molecule has 1 heterocycles. The number of rotatable bonds is 4. The largest absolute Gasteiger partial charge is 0.325 e. The first-order chi connectivity index (χ1) is 10.5. The highest BCUT2D eigenvalue weighted by Crippen LogP contribution is 2.27. The van der Waals surface area contributed by atoms with Crippen molar-refractivity contribution in [2.24, 2.45) is 0 Å². The van der Waals surface area contributed by atoms with E-state index in [1.807, 2.05) is 0 Å². The first-order valence-electron chi connectivity index (χ1n) is 6.98. The first-order valence-corrected chi connectivity index (χ1v) is 8.42. The minimum Gasteiger partial charge on any atom is -0.325 e. The topological polar surface area (TPSA) is 78.5 Å². The lowest BCUT2D eigenvalue weighted by Crippen LogP contribution is -2.35. The van der Waals surface area contributed by atoms with Crippen LogP contribution in [-0.4, -0.2) is 51.2 Å². The lowest BCUT2D eigenvalue weighted by atomic mass is 10.1. The Bertz CT molecular complexity index is 720. The number of benzene rings is 1. The van der Waals surface area contributed by atoms with Crippen molar-refractivity contribution >= 4 is 21.6 Å². The highest BCUT2D eigenvalue weighted by Gasteiger charge is 2.42. The number of anilines is 1. The number of sulfonamides is 1. The predicted octanol–water partition coefficient (Wildman–Crippen LogP) is 1.18. The molecule has 1 aromatic carbocycles. The molecule has 1 aliphatic heterocycles. The molecule has 6 nitrogen and oxygen atoms in total. The quantitative estimate of drug-likeness (QED) is 0.857. The number of hydrogen-bond acceptors (Lipinski definition) is 4. The molecule has 1 atom stereocenters. The summed E-state index contributed by atoms with van der Waals surface area (Å²) < 4.78 is 51.8. The van der Waals surface area contributed by atoms with Gasteiger partial charge in [-0.15, -0.1) is 0 Å². The van der Waals surface area contributed by atoms with Crippen LogP contribution in [0.3, 0.4) is 0 Å². The summed E-state index contributed by atoms with van der Waals surface area (Å²) in [6, 6.07) is 3.42. The fourth-order valence-corrected chi connectivity index (χ4v) is 3.43. The van der Waals surface area contributed by atoms with Crippen LogP contribution in [-0.2, 0) is 14.8 Å². The number of halogens is 2. The molecular weight excluding hydrogens is 328 g/mol. The fraction of sp³-hybridized carbons (Fsp3) is 0.500. The van der Waals surface area contributed by atoms with Gasteiger partial charge in [0.05, 0.1) is 17.5 Å². The number of carbonyl (C=O) groups excluding carboxylic acids is 1. The average Bonchev–Trinajstić information content (AvgIpc) is 2.81. The van der Waals surface area contributed by atoms with E-state index in [0.29, 0.717) is 5.56 Å². The summed E-state index contributed by atoms with van der Waals surface area (Å²) in [4.78, 5) is 12.1. The molecule has 0 saturated carbocycles. The summed E-state index contributed by atoms with van der Waals surface area (Å²) in [7, 11) is -0.842. The van der Waals surface area contributed by atoms with Gasteiger partial charge >= 0.3 is 0 Å². The molecule has 1 fully saturated rings. The van der Waals surface area contributed by atoms with Gasteiger partial charge in [-0.1, -0.05) is 6.07 Å². The molecule has 2 rings (SSSR count). The normalized spacial score (nSPS) is 20.7. The molecule has 23 heavy (non-hydrogen) atoms. The van der Waals surface area contributed by atoms with E-state index in [0.717, 1.165) is 4.31 Å². The Morgan fingerprint density at radius 2 is 2.04 bits per heavy atom. The van der Waals surface area contributed by atoms with Crippen LogP contribution in [0.5, 0.6) is 0 Å². The van der Waals surface area contributed by atoms with Crippen molar-refractivity contribution in [2.75, 3.05) is 26.0 Å². The summed E-state index contributed by atoms with van der Waals surface area (Å²) in [5, 5.41) is 4.94. The zero-order chi connectivity index (χ0) is 17.4. The van der Waals surface area contributed by atoms with Gasteiger partial charge in [0.15, 0.2) is 0 Å². The van der Waals surface area contributed by atoms with Crippen molar-refractivity contribution in [1.82, 2.24) is 9.62 Å². The smallest absolute Gasteiger partial charge is 0.262 e. The van der Waals surface area contributed by atoms with Crippen LogP contribution in [0.15, 0.2) is 23.1 Å². The Kier molecular flexibility index (Phi) is 4.74. The third-order valence-corrected chi connectivity index (χ3v) is 5.60. The standard InChI is InChI=1S/C14H19F2N3O3S/c1-9-4-5-10(6-12(9)23(21,22)19(2)3)18-13(20)11-7-14(15,16)8-17-11/h4-6,11,17H,7-8H2,1-3H3,(H,18,20). The molecule has 1 aromatic rings. The third-order valence-electron chi connectivity index (χ3n) is 3.64. The number of nitrogens with zero attached hydrogens (tertiary/aromatic N) is 1. The van der Waals surface area contributed by atoms with E-state index in [9.17, 15) is 22.0 Å². The Balaban J connectivity index is 2.21. The molecule has 0 bridgehead atoms. The highest BCUT2D eigenvalue weighted by molar-refractivity contribution is 7.89. The molecule has 0 spiro atoms. The second kappa shape index (κ2) is 6.14. The molecule has 0 aliphatic carbocycles. The summed E-state index contributed by atoms with van der Waals surface area (Å²) >= 11 is 0. The average molecular weight is 347 g/mol. The third kappa shape index (κ3) is 3.85. The molecule has 1 amide bonds. The van der Waals surface area contributed by atoms with Gasteiger partial charge in [0, 0.05) is 26.2 Å². The van der Waals surface area contributed by atoms with E-state index in [2.05, 4.69) is 10.6 Å². The molecule has 128 valence electrons. The van der Waals surface area contributed by atoms with Crippen LogP contribution in [0, 0.1) is 6.92 Å². The van der Waals surface area contributed by atoms with Gasteiger partial charge in [-0.05, 0) is 24.6 Å². The Hall–Kier alpha value is -1.58. The molecule has 0 radical (unpaired) electrons. The van der Waals surface area contributed by atoms with E-state index in [4.69, 9.17) is 0 Å². The van der Waals surface area contributed by atoms with Gasteiger partial charge in [-0.25, -0.2) is 21.5 Å². The van der Waals surface area contributed by atoms with Crippen LogP contribution in [0.2, 0.25) is 0 Å². The van der Waals surface area contributed by atoms with Crippen molar-refractivity contribution in [3.63, 3.8) is 0 Å². The summed E-state index contributed by atoms with van der Waals surface area (Å²) in [5.74, 6) is -3.52. The van der Waals surface area contributed by atoms with Crippen LogP contribution in [0.25, 0.3) is 0 Å². The predicted molar refractivity (Wildman–Crippen MR) is 82.0 cm³/mol. The highest BCUT2D eigenvalue weighted by atomic mass is 32.2. The Morgan fingerprint density at radius 1 is 1.39 bits per heavy atom. The molecular formula is C14H19F2N3O3S. The van der Waals surface area contributed by atoms with Gasteiger partial charge in [0.25, 0.3) is 5.92 Å². The van der Waals surface area contributed by atoms with Crippen LogP contribution >= 0.6 is 0 Å². The Labute approximate surface area is 133 Å². The number of nitrogens with one attached hydrogen (secondary N) is 2. The van der Waals surface area contributed by atoms with Crippen molar-refractivity contribution in [1.29, 1.82) is 0 Å². The molecule has 1 unspecified atom stereocenters. The maximum Gasteiger partial charge on any atom is 0.262 e. The number of carbonyl (C=O) groups is 1. The Morgan fingerprint density at radius 3 is 2.57 bits per heavy atom. The van der Waals surface area contributed by atoms with Crippen molar-refractivity contribution in [3.8, 4) is 0 Å². The molecule has 1 aliphatic rings. The van der Waals surface area contributed by atoms with Gasteiger partial charge in [0.2, 0.25) is 15.9 Å². The second-order valence-electron chi connectivity index (χ2n) is 5.75. The van der Waals surface area contributed by atoms with Gasteiger partial charge in [0.1, 0.15) is 0 Å². The van der Waals surface area contributed by atoms with Crippen molar-refractivity contribution in [3.05, 3.63) is 23.8 Å². The maximum atomic E-state index is 13.1. The number of alkyl halides is 2. The monoisotopic (exact) mass is 347 g/mol. The van der Waals surface area contributed by atoms with E-state index >= 15 is 0 Å². The zero-order valence-electron chi connectivity index (χ0n) is 13.1. The number of hydrogen-bond donors (Lipinski definition) is 2. The first kappa shape index (κ1) is 17.8. The molecule has 1 saturated heterocycles. The van der Waals surface area contributed by atoms with E-state index < -0.39 is 40.9 Å². The number of aryl methyl sites for hydroxylation is 1. The minimum atomic E-state index is -3.66. The SMILES string of the molecule is Cc1ccc(NC(=O)C2CC(F)(F)CN2)cc1S(=O)(=O)N(C)C. The van der Waals surface area contributed by atoms with Crippen molar-refractivity contribution < 1.29 is 22.0 Å². The lowest BCUT2D eigenvalue weighted by Gasteiger charge is -2.16. The fourth-order valence-electron chi connectivity index (χ4n) is 2.28. The van der Waals surface area contributed by atoms with Gasteiger partial charge in [-0.3, -0.25) is 10.1 Å². The number of amides is 1. The maximum absolute atomic E-state index is 13.1. The van der Waals surface area contributed by atoms with Gasteiger partial charge < -0.3 is 5.32 Å². The zero-order valence-corrected chi connectivity index (χ0v) is 13.9. The van der Waals surface area contributed by atoms with Crippen LogP contribution in [0.4, 0.5) is 14.5 Å². The second-order valence-corrected chi connectivity index (χ2v) is 7.87. The van der Waals surface area contributed by atoms with Crippen LogP contribution < -0.4 is 10.6 Å². The summed E-state index contributed by atoms with van der Waals surface area (Å²) in [5.41, 5.74) is 0.778. The lowest BCUT2D eigenvalue weighted by molar-refractivity contribution is -0.118. The van der Waals surface area contributed by atoms with Crippen LogP contribution in [0.1, 0.15) is 12.0 Å². The molecule has 2 N–H and O–H groups in total.